The molecular weight excluding hydrogens is 242 g/mol. The van der Waals surface area contributed by atoms with Crippen LogP contribution in [0.2, 0.25) is 0 Å². The Morgan fingerprint density at radius 2 is 1.75 bits per heavy atom. The summed E-state index contributed by atoms with van der Waals surface area (Å²) in [4.78, 5) is 0. The summed E-state index contributed by atoms with van der Waals surface area (Å²) in [5.74, 6) is 0. The molecule has 1 aromatic rings. The van der Waals surface area contributed by atoms with Gasteiger partial charge in [-0.3, -0.25) is 0 Å². The van der Waals surface area contributed by atoms with Crippen molar-refractivity contribution in [3.05, 3.63) is 35.4 Å². The van der Waals surface area contributed by atoms with Crippen molar-refractivity contribution in [3.63, 3.8) is 0 Å². The third-order valence-electron chi connectivity index (χ3n) is 3.56. The lowest BCUT2D eigenvalue weighted by atomic mass is 9.81. The maximum Gasteiger partial charge on any atom is 0.0132 e. The van der Waals surface area contributed by atoms with E-state index in [-0.39, 0.29) is 5.54 Å². The van der Waals surface area contributed by atoms with Crippen molar-refractivity contribution in [1.29, 1.82) is 0 Å². The topological polar surface area (TPSA) is 12.0 Å². The molecule has 0 radical (unpaired) electrons. The molecule has 1 heteroatoms. The van der Waals surface area contributed by atoms with Crippen molar-refractivity contribution in [2.24, 2.45) is 5.41 Å². The third kappa shape index (κ3) is 7.09. The molecule has 20 heavy (non-hydrogen) atoms. The molecular formula is C19H33N. The Kier molecular flexibility index (Phi) is 5.82. The Hall–Kier alpha value is -0.820. The lowest BCUT2D eigenvalue weighted by molar-refractivity contribution is 0.223. The SMILES string of the molecule is Cc1cccc(CCC(C)NC(C)(C)CC(C)(C)C)c1. The van der Waals surface area contributed by atoms with E-state index in [9.17, 15) is 0 Å². The smallest absolute Gasteiger partial charge is 0.0132 e. The molecule has 1 unspecified atom stereocenters. The average molecular weight is 275 g/mol. The van der Waals surface area contributed by atoms with Crippen LogP contribution in [0, 0.1) is 12.3 Å². The molecule has 1 N–H and O–H groups in total. The molecule has 0 amide bonds. The molecule has 1 rings (SSSR count). The fourth-order valence-corrected chi connectivity index (χ4v) is 3.37. The lowest BCUT2D eigenvalue weighted by Crippen LogP contribution is -2.47. The van der Waals surface area contributed by atoms with Crippen LogP contribution in [-0.2, 0) is 6.42 Å². The van der Waals surface area contributed by atoms with Crippen molar-refractivity contribution < 1.29 is 0 Å². The zero-order valence-electron chi connectivity index (χ0n) is 14.5. The van der Waals surface area contributed by atoms with Crippen LogP contribution >= 0.6 is 0 Å². The second kappa shape index (κ2) is 6.76. The molecule has 0 saturated carbocycles. The summed E-state index contributed by atoms with van der Waals surface area (Å²) >= 11 is 0. The van der Waals surface area contributed by atoms with Gasteiger partial charge in [-0.05, 0) is 57.9 Å². The minimum atomic E-state index is 0.199. The minimum Gasteiger partial charge on any atom is -0.309 e. The van der Waals surface area contributed by atoms with Crippen molar-refractivity contribution in [2.45, 2.75) is 79.3 Å². The predicted octanol–water partition coefficient (Wildman–Crippen LogP) is 5.12. The van der Waals surface area contributed by atoms with E-state index in [0.29, 0.717) is 11.5 Å². The molecule has 114 valence electrons. The van der Waals surface area contributed by atoms with Crippen LogP contribution in [0.1, 0.15) is 65.5 Å². The number of nitrogens with one attached hydrogen (secondary N) is 1. The van der Waals surface area contributed by atoms with E-state index in [2.05, 4.69) is 78.0 Å². The molecule has 0 heterocycles. The van der Waals surface area contributed by atoms with Crippen molar-refractivity contribution >= 4 is 0 Å². The number of aryl methyl sites for hydroxylation is 2. The molecule has 0 aliphatic carbocycles. The van der Waals surface area contributed by atoms with Gasteiger partial charge in [0.25, 0.3) is 0 Å². The van der Waals surface area contributed by atoms with Gasteiger partial charge < -0.3 is 5.32 Å². The molecule has 1 nitrogen and oxygen atoms in total. The summed E-state index contributed by atoms with van der Waals surface area (Å²) in [6.45, 7) is 16.1. The first-order valence-corrected chi connectivity index (χ1v) is 7.91. The number of hydrogen-bond acceptors (Lipinski definition) is 1. The highest BCUT2D eigenvalue weighted by Gasteiger charge is 2.26. The van der Waals surface area contributed by atoms with Gasteiger partial charge in [0.05, 0.1) is 0 Å². The van der Waals surface area contributed by atoms with Crippen LogP contribution in [0.15, 0.2) is 24.3 Å². The van der Waals surface area contributed by atoms with Gasteiger partial charge in [0.1, 0.15) is 0 Å². The average Bonchev–Trinajstić information content (AvgIpc) is 2.22. The van der Waals surface area contributed by atoms with E-state index < -0.39 is 0 Å². The monoisotopic (exact) mass is 275 g/mol. The molecule has 0 aliphatic heterocycles. The first kappa shape index (κ1) is 17.2. The van der Waals surface area contributed by atoms with Crippen LogP contribution in [0.4, 0.5) is 0 Å². The number of rotatable bonds is 6. The Balaban J connectivity index is 2.45. The van der Waals surface area contributed by atoms with Crippen molar-refractivity contribution in [2.75, 3.05) is 0 Å². The normalized spacial score (nSPS) is 14.3. The maximum atomic E-state index is 3.80. The largest absolute Gasteiger partial charge is 0.309 e. The Labute approximate surface area is 126 Å². The number of hydrogen-bond donors (Lipinski definition) is 1. The van der Waals surface area contributed by atoms with Gasteiger partial charge in [0.2, 0.25) is 0 Å². The van der Waals surface area contributed by atoms with Crippen LogP contribution in [-0.4, -0.2) is 11.6 Å². The fourth-order valence-electron chi connectivity index (χ4n) is 3.37. The summed E-state index contributed by atoms with van der Waals surface area (Å²) in [6.07, 6.45) is 3.53. The zero-order chi connectivity index (χ0) is 15.4. The van der Waals surface area contributed by atoms with E-state index in [4.69, 9.17) is 0 Å². The van der Waals surface area contributed by atoms with Gasteiger partial charge in [-0.15, -0.1) is 0 Å². The fraction of sp³-hybridized carbons (Fsp3) is 0.684. The van der Waals surface area contributed by atoms with Crippen LogP contribution in [0.5, 0.6) is 0 Å². The Morgan fingerprint density at radius 1 is 1.10 bits per heavy atom. The highest BCUT2D eigenvalue weighted by molar-refractivity contribution is 5.22. The first-order chi connectivity index (χ1) is 9.07. The van der Waals surface area contributed by atoms with Gasteiger partial charge in [-0.2, -0.15) is 0 Å². The first-order valence-electron chi connectivity index (χ1n) is 7.91. The van der Waals surface area contributed by atoms with E-state index in [1.165, 1.54) is 24.0 Å². The lowest BCUT2D eigenvalue weighted by Gasteiger charge is -2.36. The highest BCUT2D eigenvalue weighted by atomic mass is 15.0. The predicted molar refractivity (Wildman–Crippen MR) is 90.2 cm³/mol. The molecule has 0 aliphatic rings. The Morgan fingerprint density at radius 3 is 2.30 bits per heavy atom. The highest BCUT2D eigenvalue weighted by Crippen LogP contribution is 2.27. The van der Waals surface area contributed by atoms with Crippen molar-refractivity contribution in [3.8, 4) is 0 Å². The van der Waals surface area contributed by atoms with Gasteiger partial charge in [0.15, 0.2) is 0 Å². The van der Waals surface area contributed by atoms with Gasteiger partial charge >= 0.3 is 0 Å². The molecule has 0 spiro atoms. The van der Waals surface area contributed by atoms with E-state index in [0.717, 1.165) is 6.42 Å². The molecule has 0 saturated heterocycles. The quantitative estimate of drug-likeness (QED) is 0.759. The van der Waals surface area contributed by atoms with Gasteiger partial charge in [0, 0.05) is 11.6 Å². The minimum absolute atomic E-state index is 0.199. The molecule has 0 aromatic heterocycles. The van der Waals surface area contributed by atoms with Crippen LogP contribution in [0.25, 0.3) is 0 Å². The number of benzene rings is 1. The van der Waals surface area contributed by atoms with E-state index in [1.54, 1.807) is 0 Å². The van der Waals surface area contributed by atoms with Crippen LogP contribution < -0.4 is 5.32 Å². The molecule has 1 aromatic carbocycles. The summed E-state index contributed by atoms with van der Waals surface area (Å²) < 4.78 is 0. The summed E-state index contributed by atoms with van der Waals surface area (Å²) in [6, 6.07) is 9.41. The second-order valence-electron chi connectivity index (χ2n) is 8.19. The van der Waals surface area contributed by atoms with E-state index >= 15 is 0 Å². The maximum absolute atomic E-state index is 3.80. The van der Waals surface area contributed by atoms with Gasteiger partial charge in [-0.25, -0.2) is 0 Å². The second-order valence-corrected chi connectivity index (χ2v) is 8.19. The molecule has 1 atom stereocenters. The summed E-state index contributed by atoms with van der Waals surface area (Å²) in [5, 5.41) is 3.80. The standard InChI is InChI=1S/C19H33N/c1-15-9-8-10-17(13-15)12-11-16(2)20-19(6,7)14-18(3,4)5/h8-10,13,16,20H,11-12,14H2,1-7H3. The summed E-state index contributed by atoms with van der Waals surface area (Å²) in [7, 11) is 0. The Bertz CT molecular complexity index is 412. The zero-order valence-corrected chi connectivity index (χ0v) is 14.5. The molecule has 0 bridgehead atoms. The third-order valence-corrected chi connectivity index (χ3v) is 3.56. The molecule has 0 fully saturated rings. The van der Waals surface area contributed by atoms with E-state index in [1.807, 2.05) is 0 Å². The van der Waals surface area contributed by atoms with Crippen molar-refractivity contribution in [1.82, 2.24) is 5.32 Å². The summed E-state index contributed by atoms with van der Waals surface area (Å²) in [5.41, 5.74) is 3.38. The van der Waals surface area contributed by atoms with Gasteiger partial charge in [-0.1, -0.05) is 50.6 Å². The van der Waals surface area contributed by atoms with Crippen LogP contribution in [0.3, 0.4) is 0 Å².